The van der Waals surface area contributed by atoms with Crippen molar-refractivity contribution in [3.05, 3.63) is 62.9 Å². The van der Waals surface area contributed by atoms with Crippen molar-refractivity contribution < 1.29 is 9.59 Å². The van der Waals surface area contributed by atoms with E-state index >= 15 is 0 Å². The molecule has 28 heavy (non-hydrogen) atoms. The van der Waals surface area contributed by atoms with Crippen LogP contribution in [0.4, 0.5) is 0 Å². The number of nitrogens with zero attached hydrogens (tertiary/aromatic N) is 1. The van der Waals surface area contributed by atoms with Crippen molar-refractivity contribution >= 4 is 45.3 Å². The van der Waals surface area contributed by atoms with Crippen LogP contribution in [-0.4, -0.2) is 28.2 Å². The van der Waals surface area contributed by atoms with Crippen LogP contribution in [0.25, 0.3) is 21.5 Å². The molecule has 5 nitrogen and oxygen atoms in total. The molecule has 0 saturated carbocycles. The summed E-state index contributed by atoms with van der Waals surface area (Å²) in [7, 11) is 0. The molecule has 0 aliphatic heterocycles. The minimum Gasteiger partial charge on any atom is -0.358 e. The highest BCUT2D eigenvalue weighted by Gasteiger charge is 2.22. The van der Waals surface area contributed by atoms with Crippen molar-refractivity contribution in [2.24, 2.45) is 0 Å². The molecule has 142 valence electrons. The molecule has 0 aliphatic carbocycles. The van der Waals surface area contributed by atoms with Gasteiger partial charge in [-0.1, -0.05) is 18.2 Å². The molecule has 0 radical (unpaired) electrons. The molecule has 3 aromatic heterocycles. The number of nitrogens with one attached hydrogen (secondary N) is 2. The number of rotatable bonds is 6. The van der Waals surface area contributed by atoms with Gasteiger partial charge in [-0.15, -0.1) is 22.7 Å². The molecule has 0 fully saturated rings. The highest BCUT2D eigenvalue weighted by Crippen LogP contribution is 2.29. The number of hydrogen-bond acceptors (Lipinski definition) is 5. The summed E-state index contributed by atoms with van der Waals surface area (Å²) >= 11 is 3.30. The number of H-pyrrole nitrogens is 1. The van der Waals surface area contributed by atoms with Gasteiger partial charge in [-0.25, -0.2) is 4.98 Å². The Kier molecular flexibility index (Phi) is 5.11. The standard InChI is InChI=1S/C21H19N3O2S2/c1-12-19(15-5-3-4-6-16(15)23-12)20(25)21(26)22-10-9-14-7-8-18(28-14)17-11-27-13(2)24-17/h3-8,11,23H,9-10H2,1-2H3,(H,22,26). The number of amides is 1. The number of carbonyl (C=O) groups excluding carboxylic acids is 2. The second-order valence-electron chi connectivity index (χ2n) is 6.52. The predicted octanol–water partition coefficient (Wildman–Crippen LogP) is 4.51. The summed E-state index contributed by atoms with van der Waals surface area (Å²) in [6.07, 6.45) is 0.680. The lowest BCUT2D eigenvalue weighted by molar-refractivity contribution is -0.116. The maximum Gasteiger partial charge on any atom is 0.292 e. The van der Waals surface area contributed by atoms with Crippen molar-refractivity contribution in [2.45, 2.75) is 20.3 Å². The summed E-state index contributed by atoms with van der Waals surface area (Å²) in [5.41, 5.74) is 3.01. The average Bonchev–Trinajstić information content (AvgIpc) is 3.38. The van der Waals surface area contributed by atoms with Crippen molar-refractivity contribution in [3.63, 3.8) is 0 Å². The quantitative estimate of drug-likeness (QED) is 0.363. The van der Waals surface area contributed by atoms with Gasteiger partial charge in [0.15, 0.2) is 0 Å². The first-order chi connectivity index (χ1) is 13.5. The topological polar surface area (TPSA) is 74.8 Å². The summed E-state index contributed by atoms with van der Waals surface area (Å²) in [5.74, 6) is -1.07. The third-order valence-corrected chi connectivity index (χ3v) is 6.46. The Morgan fingerprint density at radius 1 is 1.14 bits per heavy atom. The molecule has 4 rings (SSSR count). The van der Waals surface area contributed by atoms with Crippen LogP contribution in [0.3, 0.4) is 0 Å². The zero-order valence-corrected chi connectivity index (χ0v) is 17.2. The van der Waals surface area contributed by atoms with E-state index in [-0.39, 0.29) is 0 Å². The minimum absolute atomic E-state index is 0.419. The molecule has 3 heterocycles. The summed E-state index contributed by atoms with van der Waals surface area (Å²) in [4.78, 5) is 34.9. The maximum atomic E-state index is 12.6. The Labute approximate surface area is 170 Å². The molecule has 1 aromatic carbocycles. The van der Waals surface area contributed by atoms with Crippen LogP contribution in [0.5, 0.6) is 0 Å². The fourth-order valence-electron chi connectivity index (χ4n) is 3.19. The summed E-state index contributed by atoms with van der Waals surface area (Å²) in [5, 5.41) is 6.63. The smallest absolute Gasteiger partial charge is 0.292 e. The molecular formula is C21H19N3O2S2. The Morgan fingerprint density at radius 3 is 2.75 bits per heavy atom. The van der Waals surface area contributed by atoms with Gasteiger partial charge in [0.05, 0.1) is 21.1 Å². The van der Waals surface area contributed by atoms with E-state index < -0.39 is 11.7 Å². The number of aromatic amines is 1. The van der Waals surface area contributed by atoms with Crippen LogP contribution < -0.4 is 5.32 Å². The Balaban J connectivity index is 1.39. The fraction of sp³-hybridized carbons (Fsp3) is 0.190. The molecule has 4 aromatic rings. The highest BCUT2D eigenvalue weighted by atomic mass is 32.1. The van der Waals surface area contributed by atoms with Gasteiger partial charge >= 0.3 is 0 Å². The van der Waals surface area contributed by atoms with Gasteiger partial charge in [0.25, 0.3) is 11.7 Å². The number of Topliss-reactive ketones (excluding diaryl/α,β-unsaturated/α-hetero) is 1. The number of aromatic nitrogens is 2. The third-order valence-electron chi connectivity index (χ3n) is 4.52. The second-order valence-corrected chi connectivity index (χ2v) is 8.75. The first-order valence-corrected chi connectivity index (χ1v) is 10.6. The number of fused-ring (bicyclic) bond motifs is 1. The molecule has 2 N–H and O–H groups in total. The molecule has 7 heteroatoms. The molecular weight excluding hydrogens is 390 g/mol. The lowest BCUT2D eigenvalue weighted by atomic mass is 10.1. The van der Waals surface area contributed by atoms with Gasteiger partial charge in [0.1, 0.15) is 0 Å². The Bertz CT molecular complexity index is 1170. The van der Waals surface area contributed by atoms with Crippen LogP contribution in [0.15, 0.2) is 41.8 Å². The van der Waals surface area contributed by atoms with Gasteiger partial charge in [-0.05, 0) is 38.5 Å². The minimum atomic E-state index is -0.570. The molecule has 0 bridgehead atoms. The fourth-order valence-corrected chi connectivity index (χ4v) is 4.84. The number of hydrogen-bond donors (Lipinski definition) is 2. The number of carbonyl (C=O) groups is 2. The lowest BCUT2D eigenvalue weighted by Crippen LogP contribution is -2.32. The monoisotopic (exact) mass is 409 g/mol. The van der Waals surface area contributed by atoms with Crippen LogP contribution in [0.2, 0.25) is 0 Å². The summed E-state index contributed by atoms with van der Waals surface area (Å²) in [6.45, 7) is 4.22. The molecule has 0 atom stereocenters. The van der Waals surface area contributed by atoms with Gasteiger partial charge in [-0.2, -0.15) is 0 Å². The zero-order valence-electron chi connectivity index (χ0n) is 15.5. The lowest BCUT2D eigenvalue weighted by Gasteiger charge is -2.04. The SMILES string of the molecule is Cc1nc(-c2ccc(CCNC(=O)C(=O)c3c(C)[nH]c4ccccc34)s2)cs1. The number of benzene rings is 1. The molecule has 0 aliphatic rings. The van der Waals surface area contributed by atoms with Crippen molar-refractivity contribution in [3.8, 4) is 10.6 Å². The number of thiazole rings is 1. The molecule has 0 unspecified atom stereocenters. The van der Waals surface area contributed by atoms with E-state index in [0.29, 0.717) is 24.2 Å². The normalized spacial score (nSPS) is 11.1. The first-order valence-electron chi connectivity index (χ1n) is 8.94. The molecule has 1 amide bonds. The number of para-hydroxylation sites is 1. The van der Waals surface area contributed by atoms with Gasteiger partial charge < -0.3 is 10.3 Å². The predicted molar refractivity (Wildman–Crippen MR) is 114 cm³/mol. The number of aryl methyl sites for hydroxylation is 2. The average molecular weight is 410 g/mol. The van der Waals surface area contributed by atoms with E-state index in [1.807, 2.05) is 44.2 Å². The summed E-state index contributed by atoms with van der Waals surface area (Å²) in [6, 6.07) is 11.6. The van der Waals surface area contributed by atoms with Crippen LogP contribution in [0.1, 0.15) is 25.9 Å². The van der Waals surface area contributed by atoms with Crippen molar-refractivity contribution in [1.82, 2.24) is 15.3 Å². The highest BCUT2D eigenvalue weighted by molar-refractivity contribution is 7.16. The van der Waals surface area contributed by atoms with Crippen LogP contribution >= 0.6 is 22.7 Å². The van der Waals surface area contributed by atoms with Gasteiger partial charge in [0, 0.05) is 33.4 Å². The van der Waals surface area contributed by atoms with Crippen molar-refractivity contribution in [2.75, 3.05) is 6.54 Å². The Hall–Kier alpha value is -2.77. The first kappa shape index (κ1) is 18.6. The summed E-state index contributed by atoms with van der Waals surface area (Å²) < 4.78 is 0. The van der Waals surface area contributed by atoms with E-state index in [4.69, 9.17) is 0 Å². The Morgan fingerprint density at radius 2 is 1.96 bits per heavy atom. The van der Waals surface area contributed by atoms with E-state index in [9.17, 15) is 9.59 Å². The van der Waals surface area contributed by atoms with Gasteiger partial charge in [0.2, 0.25) is 0 Å². The third kappa shape index (κ3) is 3.63. The van der Waals surface area contributed by atoms with Gasteiger partial charge in [-0.3, -0.25) is 9.59 Å². The maximum absolute atomic E-state index is 12.6. The van der Waals surface area contributed by atoms with Crippen LogP contribution in [-0.2, 0) is 11.2 Å². The number of thiophene rings is 1. The van der Waals surface area contributed by atoms with Crippen LogP contribution in [0, 0.1) is 13.8 Å². The largest absolute Gasteiger partial charge is 0.358 e. The van der Waals surface area contributed by atoms with E-state index in [1.54, 1.807) is 22.7 Å². The van der Waals surface area contributed by atoms with E-state index in [2.05, 4.69) is 26.7 Å². The van der Waals surface area contributed by atoms with Crippen molar-refractivity contribution in [1.29, 1.82) is 0 Å². The molecule has 0 spiro atoms. The second kappa shape index (κ2) is 7.69. The molecule has 0 saturated heterocycles. The zero-order chi connectivity index (χ0) is 19.7. The van der Waals surface area contributed by atoms with E-state index in [1.165, 1.54) is 0 Å². The van der Waals surface area contributed by atoms with E-state index in [0.717, 1.165) is 31.4 Å². The number of ketones is 1.